The maximum absolute atomic E-state index is 12.8. The van der Waals surface area contributed by atoms with Gasteiger partial charge in [-0.2, -0.15) is 4.31 Å². The van der Waals surface area contributed by atoms with Gasteiger partial charge in [0.25, 0.3) is 0 Å². The maximum atomic E-state index is 12.8. The first-order valence-electron chi connectivity index (χ1n) is 9.04. The standard InChI is InChI=1S/C20H18Cl2N4O2S/c21-15-5-7-16(8-6-15)29(27,28)26-13-11-25(12-14-26)20-10-9-19(23-24-20)17-3-1-2-4-18(17)22/h1-10H,11-14H2. The summed E-state index contributed by atoms with van der Waals surface area (Å²) < 4.78 is 27.1. The summed E-state index contributed by atoms with van der Waals surface area (Å²) >= 11 is 12.1. The lowest BCUT2D eigenvalue weighted by Gasteiger charge is -2.34. The zero-order valence-electron chi connectivity index (χ0n) is 15.4. The van der Waals surface area contributed by atoms with E-state index in [1.54, 1.807) is 12.1 Å². The van der Waals surface area contributed by atoms with E-state index in [1.807, 2.05) is 41.3 Å². The average molecular weight is 449 g/mol. The Labute approximate surface area is 179 Å². The lowest BCUT2D eigenvalue weighted by Crippen LogP contribution is -2.48. The molecule has 2 aromatic carbocycles. The molecule has 0 N–H and O–H groups in total. The Balaban J connectivity index is 1.44. The van der Waals surface area contributed by atoms with Crippen molar-refractivity contribution < 1.29 is 8.42 Å². The molecule has 0 unspecified atom stereocenters. The van der Waals surface area contributed by atoms with E-state index in [2.05, 4.69) is 10.2 Å². The quantitative estimate of drug-likeness (QED) is 0.603. The van der Waals surface area contributed by atoms with Gasteiger partial charge in [0.1, 0.15) is 0 Å². The van der Waals surface area contributed by atoms with Crippen LogP contribution in [0.5, 0.6) is 0 Å². The molecule has 0 amide bonds. The molecule has 9 heteroatoms. The summed E-state index contributed by atoms with van der Waals surface area (Å²) in [7, 11) is -3.53. The molecule has 1 aromatic heterocycles. The third-order valence-corrected chi connectivity index (χ3v) is 7.31. The van der Waals surface area contributed by atoms with Gasteiger partial charge in [-0.1, -0.05) is 41.4 Å². The number of aromatic nitrogens is 2. The van der Waals surface area contributed by atoms with Crippen LogP contribution in [0.3, 0.4) is 0 Å². The lowest BCUT2D eigenvalue weighted by molar-refractivity contribution is 0.383. The molecule has 0 bridgehead atoms. The van der Waals surface area contributed by atoms with Gasteiger partial charge in [0.15, 0.2) is 5.82 Å². The molecular weight excluding hydrogens is 431 g/mol. The minimum atomic E-state index is -3.53. The van der Waals surface area contributed by atoms with Gasteiger partial charge in [0.05, 0.1) is 15.6 Å². The fourth-order valence-electron chi connectivity index (χ4n) is 3.22. The van der Waals surface area contributed by atoms with Crippen LogP contribution in [0.4, 0.5) is 5.82 Å². The van der Waals surface area contributed by atoms with Crippen molar-refractivity contribution in [1.29, 1.82) is 0 Å². The molecule has 0 atom stereocenters. The minimum absolute atomic E-state index is 0.249. The van der Waals surface area contributed by atoms with Gasteiger partial charge < -0.3 is 4.90 Å². The number of nitrogens with zero attached hydrogens (tertiary/aromatic N) is 4. The Hall–Kier alpha value is -2.19. The fourth-order valence-corrected chi connectivity index (χ4v) is 5.00. The third-order valence-electron chi connectivity index (χ3n) is 4.81. The Bertz CT molecular complexity index is 1100. The topological polar surface area (TPSA) is 66.4 Å². The monoisotopic (exact) mass is 448 g/mol. The number of piperazine rings is 1. The van der Waals surface area contributed by atoms with Crippen LogP contribution in [0.15, 0.2) is 65.6 Å². The van der Waals surface area contributed by atoms with Crippen molar-refractivity contribution in [2.75, 3.05) is 31.1 Å². The molecule has 150 valence electrons. The van der Waals surface area contributed by atoms with Gasteiger partial charge in [0.2, 0.25) is 10.0 Å². The Kier molecular flexibility index (Phi) is 5.74. The fraction of sp³-hybridized carbons (Fsp3) is 0.200. The molecule has 1 fully saturated rings. The summed E-state index contributed by atoms with van der Waals surface area (Å²) in [6.07, 6.45) is 0. The summed E-state index contributed by atoms with van der Waals surface area (Å²) in [5.41, 5.74) is 1.52. The van der Waals surface area contributed by atoms with Gasteiger partial charge >= 0.3 is 0 Å². The Morgan fingerprint density at radius 2 is 1.48 bits per heavy atom. The number of sulfonamides is 1. The molecule has 0 spiro atoms. The van der Waals surface area contributed by atoms with Crippen molar-refractivity contribution in [3.8, 4) is 11.3 Å². The summed E-state index contributed by atoms with van der Waals surface area (Å²) in [5.74, 6) is 0.712. The van der Waals surface area contributed by atoms with Crippen molar-refractivity contribution in [3.63, 3.8) is 0 Å². The number of hydrogen-bond acceptors (Lipinski definition) is 5. The first-order valence-corrected chi connectivity index (χ1v) is 11.2. The van der Waals surface area contributed by atoms with Gasteiger partial charge in [-0.05, 0) is 42.5 Å². The number of benzene rings is 2. The van der Waals surface area contributed by atoms with E-state index in [0.29, 0.717) is 47.7 Å². The highest BCUT2D eigenvalue weighted by Gasteiger charge is 2.29. The smallest absolute Gasteiger partial charge is 0.243 e. The Morgan fingerprint density at radius 3 is 2.10 bits per heavy atom. The van der Waals surface area contributed by atoms with E-state index in [-0.39, 0.29) is 4.90 Å². The molecule has 0 radical (unpaired) electrons. The highest BCUT2D eigenvalue weighted by molar-refractivity contribution is 7.89. The van der Waals surface area contributed by atoms with E-state index >= 15 is 0 Å². The largest absolute Gasteiger partial charge is 0.352 e. The normalized spacial score (nSPS) is 15.4. The van der Waals surface area contributed by atoms with Crippen LogP contribution in [0.25, 0.3) is 11.3 Å². The zero-order valence-corrected chi connectivity index (χ0v) is 17.7. The second kappa shape index (κ2) is 8.28. The van der Waals surface area contributed by atoms with E-state index in [9.17, 15) is 8.42 Å². The lowest BCUT2D eigenvalue weighted by atomic mass is 10.1. The molecule has 1 aliphatic rings. The summed E-state index contributed by atoms with van der Waals surface area (Å²) in [6, 6.07) is 17.5. The second-order valence-electron chi connectivity index (χ2n) is 6.60. The van der Waals surface area contributed by atoms with Crippen LogP contribution in [0, 0.1) is 0 Å². The molecule has 0 saturated carbocycles. The van der Waals surface area contributed by atoms with Crippen LogP contribution >= 0.6 is 23.2 Å². The molecule has 0 aliphatic carbocycles. The number of rotatable bonds is 4. The molecule has 29 heavy (non-hydrogen) atoms. The predicted molar refractivity (Wildman–Crippen MR) is 115 cm³/mol. The maximum Gasteiger partial charge on any atom is 0.243 e. The molecular formula is C20H18Cl2N4O2S. The van der Waals surface area contributed by atoms with Gasteiger partial charge in [-0.25, -0.2) is 8.42 Å². The van der Waals surface area contributed by atoms with Crippen LogP contribution in [-0.2, 0) is 10.0 Å². The third kappa shape index (κ3) is 4.23. The van der Waals surface area contributed by atoms with Gasteiger partial charge in [0, 0.05) is 36.8 Å². The zero-order chi connectivity index (χ0) is 20.4. The Morgan fingerprint density at radius 1 is 0.793 bits per heavy atom. The minimum Gasteiger partial charge on any atom is -0.352 e. The van der Waals surface area contributed by atoms with Gasteiger partial charge in [-0.15, -0.1) is 10.2 Å². The van der Waals surface area contributed by atoms with Crippen molar-refractivity contribution >= 4 is 39.0 Å². The highest BCUT2D eigenvalue weighted by Crippen LogP contribution is 2.27. The molecule has 1 aliphatic heterocycles. The average Bonchev–Trinajstić information content (AvgIpc) is 2.75. The predicted octanol–water partition coefficient (Wildman–Crippen LogP) is 3.96. The van der Waals surface area contributed by atoms with Crippen molar-refractivity contribution in [2.24, 2.45) is 0 Å². The SMILES string of the molecule is O=S(=O)(c1ccc(Cl)cc1)N1CCN(c2ccc(-c3ccccc3Cl)nn2)CC1. The molecule has 1 saturated heterocycles. The number of anilines is 1. The summed E-state index contributed by atoms with van der Waals surface area (Å²) in [5, 5.41) is 9.73. The highest BCUT2D eigenvalue weighted by atomic mass is 35.5. The van der Waals surface area contributed by atoms with Crippen LogP contribution in [0.2, 0.25) is 10.0 Å². The van der Waals surface area contributed by atoms with Gasteiger partial charge in [-0.3, -0.25) is 0 Å². The van der Waals surface area contributed by atoms with Crippen LogP contribution in [-0.4, -0.2) is 49.1 Å². The van der Waals surface area contributed by atoms with E-state index in [1.165, 1.54) is 16.4 Å². The molecule has 6 nitrogen and oxygen atoms in total. The first kappa shape index (κ1) is 20.1. The summed E-state index contributed by atoms with van der Waals surface area (Å²) in [6.45, 7) is 1.82. The van der Waals surface area contributed by atoms with Crippen LogP contribution in [0.1, 0.15) is 0 Å². The van der Waals surface area contributed by atoms with E-state index in [4.69, 9.17) is 23.2 Å². The molecule has 4 rings (SSSR count). The van der Waals surface area contributed by atoms with Crippen molar-refractivity contribution in [2.45, 2.75) is 4.90 Å². The molecule has 3 aromatic rings. The summed E-state index contributed by atoms with van der Waals surface area (Å²) in [4.78, 5) is 2.27. The van der Waals surface area contributed by atoms with Crippen molar-refractivity contribution in [3.05, 3.63) is 70.7 Å². The second-order valence-corrected chi connectivity index (χ2v) is 9.38. The number of halogens is 2. The molecule has 2 heterocycles. The number of hydrogen-bond donors (Lipinski definition) is 0. The van der Waals surface area contributed by atoms with E-state index < -0.39 is 10.0 Å². The van der Waals surface area contributed by atoms with Crippen molar-refractivity contribution in [1.82, 2.24) is 14.5 Å². The van der Waals surface area contributed by atoms with Crippen LogP contribution < -0.4 is 4.90 Å². The first-order chi connectivity index (χ1) is 13.9. The van der Waals surface area contributed by atoms with E-state index in [0.717, 1.165) is 5.56 Å².